The Morgan fingerprint density at radius 3 is 2.32 bits per heavy atom. The lowest BCUT2D eigenvalue weighted by Gasteiger charge is -2.23. The average Bonchev–Trinajstić information content (AvgIpc) is 2.39. The molecular weight excluding hydrogens is 324 g/mol. The van der Waals surface area contributed by atoms with Crippen LogP contribution in [0.2, 0.25) is 5.02 Å². The highest BCUT2D eigenvalue weighted by atomic mass is 79.9. The van der Waals surface area contributed by atoms with Crippen molar-refractivity contribution in [3.8, 4) is 11.1 Å². The summed E-state index contributed by atoms with van der Waals surface area (Å²) in [6.07, 6.45) is 0.679. The summed E-state index contributed by atoms with van der Waals surface area (Å²) in [4.78, 5) is 0. The summed E-state index contributed by atoms with van der Waals surface area (Å²) in [5.74, 6) is 0. The number of alkyl halides is 1. The predicted molar refractivity (Wildman–Crippen MR) is 84.9 cm³/mol. The highest BCUT2D eigenvalue weighted by Gasteiger charge is 2.21. The van der Waals surface area contributed by atoms with Crippen LogP contribution in [0.5, 0.6) is 0 Å². The Morgan fingerprint density at radius 2 is 1.74 bits per heavy atom. The minimum atomic E-state index is -0.803. The molecule has 0 saturated carbocycles. The van der Waals surface area contributed by atoms with Crippen molar-refractivity contribution in [1.29, 1.82) is 0 Å². The number of hydrogen-bond donors (Lipinski definition) is 1. The van der Waals surface area contributed by atoms with E-state index in [2.05, 4.69) is 15.9 Å². The van der Waals surface area contributed by atoms with Crippen LogP contribution < -0.4 is 0 Å². The van der Waals surface area contributed by atoms with E-state index in [0.29, 0.717) is 6.42 Å². The molecule has 0 aliphatic rings. The molecule has 0 aliphatic carbocycles. The molecule has 3 heteroatoms. The molecule has 100 valence electrons. The van der Waals surface area contributed by atoms with Crippen LogP contribution in [0.3, 0.4) is 0 Å². The number of aliphatic hydroxyl groups is 1. The second-order valence-corrected chi connectivity index (χ2v) is 5.97. The summed E-state index contributed by atoms with van der Waals surface area (Å²) < 4.78 is 0. The third-order valence-electron chi connectivity index (χ3n) is 3.27. The fraction of sp³-hybridized carbons (Fsp3) is 0.250. The van der Waals surface area contributed by atoms with Crippen molar-refractivity contribution < 1.29 is 5.11 Å². The summed E-state index contributed by atoms with van der Waals surface area (Å²) in [7, 11) is 0. The molecule has 0 radical (unpaired) electrons. The van der Waals surface area contributed by atoms with E-state index in [4.69, 9.17) is 11.6 Å². The Balaban J connectivity index is 2.31. The van der Waals surface area contributed by atoms with Gasteiger partial charge in [0, 0.05) is 15.9 Å². The molecule has 1 atom stereocenters. The van der Waals surface area contributed by atoms with Crippen LogP contribution in [-0.4, -0.2) is 10.4 Å². The zero-order valence-electron chi connectivity index (χ0n) is 10.7. The van der Waals surface area contributed by atoms with Crippen molar-refractivity contribution in [3.63, 3.8) is 0 Å². The molecule has 19 heavy (non-hydrogen) atoms. The van der Waals surface area contributed by atoms with Crippen LogP contribution in [0.15, 0.2) is 48.5 Å². The predicted octanol–water partition coefficient (Wildman–Crippen LogP) is 5.00. The molecule has 0 amide bonds. The maximum atomic E-state index is 10.3. The van der Waals surface area contributed by atoms with Gasteiger partial charge in [-0.25, -0.2) is 0 Å². The highest BCUT2D eigenvalue weighted by molar-refractivity contribution is 9.09. The Hall–Kier alpha value is -0.830. The van der Waals surface area contributed by atoms with Gasteiger partial charge in [-0.1, -0.05) is 70.0 Å². The van der Waals surface area contributed by atoms with Crippen molar-refractivity contribution in [1.82, 2.24) is 0 Å². The fourth-order valence-corrected chi connectivity index (χ4v) is 3.05. The van der Waals surface area contributed by atoms with Crippen molar-refractivity contribution in [2.75, 3.05) is 5.33 Å². The Kier molecular flexibility index (Phi) is 4.67. The first-order valence-electron chi connectivity index (χ1n) is 6.18. The maximum absolute atomic E-state index is 10.3. The van der Waals surface area contributed by atoms with E-state index in [1.165, 1.54) is 0 Å². The molecule has 2 aromatic rings. The Morgan fingerprint density at radius 1 is 1.11 bits per heavy atom. The van der Waals surface area contributed by atoms with Gasteiger partial charge in [-0.2, -0.15) is 0 Å². The number of benzene rings is 2. The van der Waals surface area contributed by atoms with Gasteiger partial charge in [-0.15, -0.1) is 0 Å². The van der Waals surface area contributed by atoms with Gasteiger partial charge in [0.2, 0.25) is 0 Å². The van der Waals surface area contributed by atoms with Gasteiger partial charge < -0.3 is 5.11 Å². The second-order valence-electron chi connectivity index (χ2n) is 4.77. The highest BCUT2D eigenvalue weighted by Crippen LogP contribution is 2.31. The van der Waals surface area contributed by atoms with Crippen molar-refractivity contribution in [2.45, 2.75) is 18.9 Å². The lowest BCUT2D eigenvalue weighted by molar-refractivity contribution is 0.0547. The lowest BCUT2D eigenvalue weighted by atomic mass is 9.92. The first-order valence-corrected chi connectivity index (χ1v) is 7.68. The van der Waals surface area contributed by atoms with Crippen molar-refractivity contribution in [2.24, 2.45) is 0 Å². The van der Waals surface area contributed by atoms with Gasteiger partial charge in [-0.3, -0.25) is 0 Å². The second kappa shape index (κ2) is 6.08. The Labute approximate surface area is 127 Å². The molecule has 0 saturated heterocycles. The van der Waals surface area contributed by atoms with Gasteiger partial charge in [0.25, 0.3) is 0 Å². The molecule has 2 rings (SSSR count). The van der Waals surface area contributed by atoms with Crippen LogP contribution >= 0.6 is 27.5 Å². The Bertz CT molecular complexity index is 549. The van der Waals surface area contributed by atoms with Crippen LogP contribution in [0, 0.1) is 0 Å². The summed E-state index contributed by atoms with van der Waals surface area (Å²) in [5, 5.41) is 11.9. The zero-order chi connectivity index (χ0) is 13.9. The third-order valence-corrected chi connectivity index (χ3v) is 4.00. The minimum absolute atomic E-state index is 0.679. The maximum Gasteiger partial charge on any atom is 0.0876 e. The molecule has 0 aromatic heterocycles. The van der Waals surface area contributed by atoms with E-state index in [-0.39, 0.29) is 0 Å². The lowest BCUT2D eigenvalue weighted by Crippen LogP contribution is -2.21. The monoisotopic (exact) mass is 338 g/mol. The van der Waals surface area contributed by atoms with Crippen LogP contribution in [0.1, 0.15) is 18.9 Å². The van der Waals surface area contributed by atoms with E-state index in [1.54, 1.807) is 0 Å². The molecule has 2 aromatic carbocycles. The molecule has 1 nitrogen and oxygen atoms in total. The molecule has 0 aliphatic heterocycles. The van der Waals surface area contributed by atoms with Crippen LogP contribution in [-0.2, 0) is 5.60 Å². The summed E-state index contributed by atoms with van der Waals surface area (Å²) in [6, 6.07) is 15.7. The molecule has 1 N–H and O–H groups in total. The molecular formula is C16H16BrClO. The van der Waals surface area contributed by atoms with Crippen molar-refractivity contribution >= 4 is 27.5 Å². The van der Waals surface area contributed by atoms with Crippen molar-refractivity contribution in [3.05, 3.63) is 59.1 Å². The standard InChI is InChI=1S/C16H16BrClO/c1-16(19,10-11-17)13-8-6-12(7-9-13)14-4-2-3-5-15(14)18/h2-9,19H,10-11H2,1H3. The molecule has 0 bridgehead atoms. The number of hydrogen-bond acceptors (Lipinski definition) is 1. The zero-order valence-corrected chi connectivity index (χ0v) is 13.1. The summed E-state index contributed by atoms with van der Waals surface area (Å²) in [5.41, 5.74) is 2.19. The molecule has 0 fully saturated rings. The topological polar surface area (TPSA) is 20.2 Å². The summed E-state index contributed by atoms with van der Waals surface area (Å²) in [6.45, 7) is 1.83. The minimum Gasteiger partial charge on any atom is -0.385 e. The van der Waals surface area contributed by atoms with E-state index in [0.717, 1.165) is 27.0 Å². The molecule has 0 heterocycles. The van der Waals surface area contributed by atoms with Gasteiger partial charge in [0.05, 0.1) is 5.60 Å². The van der Waals surface area contributed by atoms with Gasteiger partial charge in [0.15, 0.2) is 0 Å². The normalized spacial score (nSPS) is 14.1. The fourth-order valence-electron chi connectivity index (χ4n) is 2.03. The third kappa shape index (κ3) is 3.38. The smallest absolute Gasteiger partial charge is 0.0876 e. The first-order chi connectivity index (χ1) is 9.04. The van der Waals surface area contributed by atoms with Gasteiger partial charge in [0.1, 0.15) is 0 Å². The van der Waals surface area contributed by atoms with Gasteiger partial charge >= 0.3 is 0 Å². The number of rotatable bonds is 4. The average molecular weight is 340 g/mol. The molecule has 0 spiro atoms. The first kappa shape index (κ1) is 14.6. The molecule has 1 unspecified atom stereocenters. The largest absolute Gasteiger partial charge is 0.385 e. The van der Waals surface area contributed by atoms with E-state index >= 15 is 0 Å². The van der Waals surface area contributed by atoms with E-state index in [1.807, 2.05) is 55.5 Å². The van der Waals surface area contributed by atoms with Crippen LogP contribution in [0.25, 0.3) is 11.1 Å². The van der Waals surface area contributed by atoms with Gasteiger partial charge in [-0.05, 0) is 30.5 Å². The quantitative estimate of drug-likeness (QED) is 0.777. The van der Waals surface area contributed by atoms with E-state index < -0.39 is 5.60 Å². The SMILES string of the molecule is CC(O)(CCBr)c1ccc(-c2ccccc2Cl)cc1. The van der Waals surface area contributed by atoms with E-state index in [9.17, 15) is 5.11 Å². The summed E-state index contributed by atoms with van der Waals surface area (Å²) >= 11 is 9.55. The number of halogens is 2. The van der Waals surface area contributed by atoms with Crippen LogP contribution in [0.4, 0.5) is 0 Å².